The fraction of sp³-hybridized carbons (Fsp3) is 0.0909. The number of nitrogens with zero attached hydrogens (tertiary/aromatic N) is 3. The molecule has 0 saturated heterocycles. The topological polar surface area (TPSA) is 145 Å². The van der Waals surface area contributed by atoms with Gasteiger partial charge in [-0.15, -0.1) is 5.10 Å². The third-order valence-corrected chi connectivity index (χ3v) is 2.20. The van der Waals surface area contributed by atoms with Gasteiger partial charge in [0.2, 0.25) is 5.82 Å². The van der Waals surface area contributed by atoms with Crippen molar-refractivity contribution in [1.82, 2.24) is 25.6 Å². The summed E-state index contributed by atoms with van der Waals surface area (Å²) in [6.07, 6.45) is 2.97. The molecule has 10 nitrogen and oxygen atoms in total. The monoisotopic (exact) mass is 289 g/mol. The minimum Gasteiger partial charge on any atom is -0.355 e. The minimum absolute atomic E-state index is 0.168. The Bertz CT molecular complexity index is 750. The highest BCUT2D eigenvalue weighted by Crippen LogP contribution is 1.88. The number of aromatic amines is 2. The van der Waals surface area contributed by atoms with Gasteiger partial charge in [0.1, 0.15) is 0 Å². The number of aromatic nitrogens is 4. The number of amides is 1. The lowest BCUT2D eigenvalue weighted by Crippen LogP contribution is -2.31. The Morgan fingerprint density at radius 1 is 1.38 bits per heavy atom. The Hall–Kier alpha value is -3.30. The molecule has 0 aromatic carbocycles. The average molecular weight is 289 g/mol. The van der Waals surface area contributed by atoms with Crippen molar-refractivity contribution in [2.24, 2.45) is 5.10 Å². The van der Waals surface area contributed by atoms with E-state index in [1.165, 1.54) is 6.21 Å². The molecule has 0 spiro atoms. The molecule has 10 heteroatoms. The van der Waals surface area contributed by atoms with Gasteiger partial charge in [0.25, 0.3) is 11.5 Å². The van der Waals surface area contributed by atoms with E-state index in [0.29, 0.717) is 5.69 Å². The van der Waals surface area contributed by atoms with Crippen molar-refractivity contribution >= 4 is 17.9 Å². The Kier molecular flexibility index (Phi) is 4.54. The number of pyridine rings is 1. The molecule has 0 aliphatic heterocycles. The summed E-state index contributed by atoms with van der Waals surface area (Å²) in [6, 6.07) is 5.26. The summed E-state index contributed by atoms with van der Waals surface area (Å²) in [5.74, 6) is -0.659. The van der Waals surface area contributed by atoms with Crippen LogP contribution in [0.5, 0.6) is 0 Å². The molecule has 108 valence electrons. The SMILES string of the molecule is O=C(CNc1n[nH]c(=O)[nH]c1=O)N/N=C/c1ccccn1. The lowest BCUT2D eigenvalue weighted by Gasteiger charge is -2.02. The number of nitrogens with one attached hydrogen (secondary N) is 4. The van der Waals surface area contributed by atoms with Gasteiger partial charge in [0, 0.05) is 6.20 Å². The van der Waals surface area contributed by atoms with Gasteiger partial charge >= 0.3 is 5.69 Å². The van der Waals surface area contributed by atoms with Gasteiger partial charge in [-0.1, -0.05) is 6.07 Å². The van der Waals surface area contributed by atoms with Gasteiger partial charge in [-0.05, 0) is 12.1 Å². The lowest BCUT2D eigenvalue weighted by molar-refractivity contribution is -0.119. The van der Waals surface area contributed by atoms with Crippen molar-refractivity contribution in [2.75, 3.05) is 11.9 Å². The summed E-state index contributed by atoms with van der Waals surface area (Å²) >= 11 is 0. The predicted octanol–water partition coefficient (Wildman–Crippen LogP) is -1.58. The summed E-state index contributed by atoms with van der Waals surface area (Å²) in [7, 11) is 0. The summed E-state index contributed by atoms with van der Waals surface area (Å²) < 4.78 is 0. The van der Waals surface area contributed by atoms with E-state index >= 15 is 0 Å². The average Bonchev–Trinajstić information content (AvgIpc) is 2.47. The number of hydrazone groups is 1. The zero-order chi connectivity index (χ0) is 15.1. The second kappa shape index (κ2) is 6.75. The van der Waals surface area contributed by atoms with Crippen LogP contribution in [0.15, 0.2) is 39.1 Å². The molecule has 0 unspecified atom stereocenters. The molecule has 2 aromatic rings. The summed E-state index contributed by atoms with van der Waals surface area (Å²) in [4.78, 5) is 39.4. The van der Waals surface area contributed by atoms with Crippen LogP contribution in [-0.2, 0) is 4.79 Å². The van der Waals surface area contributed by atoms with Crippen molar-refractivity contribution in [1.29, 1.82) is 0 Å². The second-order valence-corrected chi connectivity index (χ2v) is 3.76. The van der Waals surface area contributed by atoms with Crippen LogP contribution in [-0.4, -0.2) is 38.8 Å². The maximum absolute atomic E-state index is 11.5. The first-order chi connectivity index (χ1) is 10.1. The van der Waals surface area contributed by atoms with Crippen LogP contribution in [0.2, 0.25) is 0 Å². The molecule has 0 atom stereocenters. The molecule has 0 radical (unpaired) electrons. The Morgan fingerprint density at radius 3 is 2.95 bits per heavy atom. The van der Waals surface area contributed by atoms with E-state index < -0.39 is 17.2 Å². The third-order valence-electron chi connectivity index (χ3n) is 2.20. The molecule has 0 saturated carbocycles. The second-order valence-electron chi connectivity index (χ2n) is 3.76. The van der Waals surface area contributed by atoms with E-state index in [2.05, 4.69) is 25.9 Å². The number of hydrogen-bond acceptors (Lipinski definition) is 7. The van der Waals surface area contributed by atoms with E-state index in [4.69, 9.17) is 0 Å². The molecule has 2 aromatic heterocycles. The predicted molar refractivity (Wildman–Crippen MR) is 73.9 cm³/mol. The molecule has 1 amide bonds. The fourth-order valence-electron chi connectivity index (χ4n) is 1.29. The molecular weight excluding hydrogens is 278 g/mol. The molecule has 0 aliphatic carbocycles. The van der Waals surface area contributed by atoms with Gasteiger partial charge in [0.15, 0.2) is 0 Å². The Labute approximate surface area is 117 Å². The van der Waals surface area contributed by atoms with Crippen LogP contribution < -0.4 is 22.0 Å². The largest absolute Gasteiger partial charge is 0.355 e. The van der Waals surface area contributed by atoms with Crippen molar-refractivity contribution in [3.8, 4) is 0 Å². The van der Waals surface area contributed by atoms with Crippen molar-refractivity contribution in [3.63, 3.8) is 0 Å². The summed E-state index contributed by atoms with van der Waals surface area (Å²) in [5, 5.41) is 11.7. The highest BCUT2D eigenvalue weighted by Gasteiger charge is 2.04. The van der Waals surface area contributed by atoms with Gasteiger partial charge < -0.3 is 5.32 Å². The first kappa shape index (κ1) is 14.1. The fourth-order valence-corrected chi connectivity index (χ4v) is 1.29. The van der Waals surface area contributed by atoms with Gasteiger partial charge in [-0.2, -0.15) is 5.10 Å². The van der Waals surface area contributed by atoms with Crippen molar-refractivity contribution in [2.45, 2.75) is 0 Å². The maximum atomic E-state index is 11.5. The van der Waals surface area contributed by atoms with E-state index in [0.717, 1.165) is 0 Å². The number of carbonyl (C=O) groups excluding carboxylic acids is 1. The Balaban J connectivity index is 1.84. The van der Waals surface area contributed by atoms with Crippen LogP contribution in [0.1, 0.15) is 5.69 Å². The van der Waals surface area contributed by atoms with Gasteiger partial charge in [-0.3, -0.25) is 19.6 Å². The third kappa shape index (κ3) is 4.38. The van der Waals surface area contributed by atoms with E-state index in [1.807, 2.05) is 10.1 Å². The molecule has 4 N–H and O–H groups in total. The molecule has 2 heterocycles. The highest BCUT2D eigenvalue weighted by molar-refractivity contribution is 5.83. The number of anilines is 1. The van der Waals surface area contributed by atoms with Crippen LogP contribution in [0, 0.1) is 0 Å². The maximum Gasteiger partial charge on any atom is 0.342 e. The quantitative estimate of drug-likeness (QED) is 0.386. The van der Waals surface area contributed by atoms with E-state index in [9.17, 15) is 14.4 Å². The zero-order valence-corrected chi connectivity index (χ0v) is 10.7. The lowest BCUT2D eigenvalue weighted by atomic mass is 10.4. The first-order valence-electron chi connectivity index (χ1n) is 5.81. The minimum atomic E-state index is -0.727. The smallest absolute Gasteiger partial charge is 0.342 e. The molecule has 0 fully saturated rings. The summed E-state index contributed by atoms with van der Waals surface area (Å²) in [6.45, 7) is -0.234. The standard InChI is InChI=1S/C11H11N7O3/c19-8(16-14-5-7-3-1-2-4-12-7)6-13-9-10(20)15-11(21)18-17-9/h1-5H,6H2,(H,13,17)(H,16,19)(H2,15,18,20,21)/b14-5+. The normalized spacial score (nSPS) is 10.5. The van der Waals surface area contributed by atoms with Crippen LogP contribution >= 0.6 is 0 Å². The number of H-pyrrole nitrogens is 2. The highest BCUT2D eigenvalue weighted by atomic mass is 16.2. The zero-order valence-electron chi connectivity index (χ0n) is 10.7. The van der Waals surface area contributed by atoms with Gasteiger partial charge in [-0.25, -0.2) is 15.3 Å². The van der Waals surface area contributed by atoms with Crippen molar-refractivity contribution < 1.29 is 4.79 Å². The van der Waals surface area contributed by atoms with E-state index in [-0.39, 0.29) is 12.4 Å². The molecule has 2 rings (SSSR count). The number of rotatable bonds is 5. The number of carbonyl (C=O) groups is 1. The van der Waals surface area contributed by atoms with Gasteiger partial charge in [0.05, 0.1) is 18.5 Å². The Morgan fingerprint density at radius 2 is 2.24 bits per heavy atom. The molecule has 21 heavy (non-hydrogen) atoms. The number of hydrogen-bond donors (Lipinski definition) is 4. The molecule has 0 aliphatic rings. The van der Waals surface area contributed by atoms with Crippen LogP contribution in [0.25, 0.3) is 0 Å². The molecule has 0 bridgehead atoms. The van der Waals surface area contributed by atoms with E-state index in [1.54, 1.807) is 24.4 Å². The van der Waals surface area contributed by atoms with Crippen LogP contribution in [0.3, 0.4) is 0 Å². The van der Waals surface area contributed by atoms with Crippen LogP contribution in [0.4, 0.5) is 5.82 Å². The van der Waals surface area contributed by atoms with Crippen molar-refractivity contribution in [3.05, 3.63) is 50.9 Å². The summed E-state index contributed by atoms with van der Waals surface area (Å²) in [5.41, 5.74) is 1.39. The first-order valence-corrected chi connectivity index (χ1v) is 5.81. The molecular formula is C11H11N7O3.